The molecule has 3 unspecified atom stereocenters. The maximum atomic E-state index is 10.8. The van der Waals surface area contributed by atoms with Gasteiger partial charge in [-0.3, -0.25) is 4.79 Å². The molecule has 0 spiro atoms. The van der Waals surface area contributed by atoms with Gasteiger partial charge in [0.1, 0.15) is 18.0 Å². The van der Waals surface area contributed by atoms with Gasteiger partial charge in [0.2, 0.25) is 0 Å². The second kappa shape index (κ2) is 5.35. The van der Waals surface area contributed by atoms with Crippen LogP contribution in [0.2, 0.25) is 0 Å². The number of fused-ring (bicyclic) bond motifs is 2. The lowest BCUT2D eigenvalue weighted by molar-refractivity contribution is -0.137. The first-order valence-electron chi connectivity index (χ1n) is 7.59. The lowest BCUT2D eigenvalue weighted by Crippen LogP contribution is -2.16. The van der Waals surface area contributed by atoms with E-state index < -0.39 is 12.0 Å². The number of carboxylic acids is 1. The number of hydrogen-bond acceptors (Lipinski definition) is 5. The van der Waals surface area contributed by atoms with Gasteiger partial charge < -0.3 is 25.4 Å². The third-order valence-electron chi connectivity index (χ3n) is 4.28. The summed E-state index contributed by atoms with van der Waals surface area (Å²) in [5.74, 6) is 0.387. The van der Waals surface area contributed by atoms with Crippen LogP contribution in [0.25, 0.3) is 0 Å². The van der Waals surface area contributed by atoms with Gasteiger partial charge in [-0.15, -0.1) is 0 Å². The van der Waals surface area contributed by atoms with Crippen molar-refractivity contribution in [2.45, 2.75) is 57.8 Å². The predicted octanol–water partition coefficient (Wildman–Crippen LogP) is 1.90. The number of rotatable bonds is 4. The van der Waals surface area contributed by atoms with Gasteiger partial charge in [-0.25, -0.2) is 0 Å². The third kappa shape index (κ3) is 2.37. The molecule has 2 heterocycles. The Hall–Kier alpha value is -1.95. The maximum Gasteiger partial charge on any atom is 0.303 e. The molecule has 3 atom stereocenters. The minimum Gasteiger partial charge on any atom is -0.504 e. The van der Waals surface area contributed by atoms with Crippen LogP contribution in [-0.4, -0.2) is 28.4 Å². The molecule has 0 amide bonds. The van der Waals surface area contributed by atoms with E-state index in [0.717, 1.165) is 16.7 Å². The van der Waals surface area contributed by atoms with Crippen molar-refractivity contribution in [1.82, 2.24) is 0 Å². The van der Waals surface area contributed by atoms with Gasteiger partial charge in [-0.05, 0) is 20.3 Å². The minimum absolute atomic E-state index is 0.00243. The fourth-order valence-electron chi connectivity index (χ4n) is 3.34. The van der Waals surface area contributed by atoms with Crippen molar-refractivity contribution >= 4 is 5.97 Å². The summed E-state index contributed by atoms with van der Waals surface area (Å²) in [6.45, 7) is 3.86. The highest BCUT2D eigenvalue weighted by atomic mass is 16.5. The monoisotopic (exact) mass is 307 g/mol. The molecule has 0 aromatic heterocycles. The van der Waals surface area contributed by atoms with Crippen molar-refractivity contribution in [2.24, 2.45) is 5.73 Å². The van der Waals surface area contributed by atoms with Crippen LogP contribution >= 0.6 is 0 Å². The highest BCUT2D eigenvalue weighted by Crippen LogP contribution is 2.52. The number of hydrogen-bond donors (Lipinski definition) is 3. The van der Waals surface area contributed by atoms with Gasteiger partial charge in [-0.1, -0.05) is 0 Å². The summed E-state index contributed by atoms with van der Waals surface area (Å²) in [4.78, 5) is 10.8. The van der Waals surface area contributed by atoms with E-state index in [1.165, 1.54) is 0 Å². The summed E-state index contributed by atoms with van der Waals surface area (Å²) < 4.78 is 11.6. The van der Waals surface area contributed by atoms with Crippen molar-refractivity contribution in [3.8, 4) is 17.2 Å². The highest BCUT2D eigenvalue weighted by Gasteiger charge is 2.37. The molecule has 0 aliphatic carbocycles. The van der Waals surface area contributed by atoms with E-state index in [9.17, 15) is 9.90 Å². The predicted molar refractivity (Wildman–Crippen MR) is 79.5 cm³/mol. The molecule has 1 aromatic carbocycles. The number of carbonyl (C=O) groups is 1. The molecule has 0 bridgehead atoms. The fraction of sp³-hybridized carbons (Fsp3) is 0.562. The van der Waals surface area contributed by atoms with Crippen LogP contribution in [0.15, 0.2) is 0 Å². The smallest absolute Gasteiger partial charge is 0.303 e. The Kier molecular flexibility index (Phi) is 3.64. The molecule has 0 saturated carbocycles. The topological polar surface area (TPSA) is 102 Å². The van der Waals surface area contributed by atoms with E-state index in [4.69, 9.17) is 20.3 Å². The lowest BCUT2D eigenvalue weighted by Gasteiger charge is -2.19. The van der Waals surface area contributed by atoms with Crippen molar-refractivity contribution < 1.29 is 24.5 Å². The van der Waals surface area contributed by atoms with Crippen LogP contribution in [0.4, 0.5) is 0 Å². The zero-order chi connectivity index (χ0) is 16.0. The van der Waals surface area contributed by atoms with Gasteiger partial charge in [0.25, 0.3) is 0 Å². The average Bonchev–Trinajstić information content (AvgIpc) is 2.99. The van der Waals surface area contributed by atoms with E-state index in [1.54, 1.807) is 0 Å². The van der Waals surface area contributed by atoms with Crippen LogP contribution in [0.1, 0.15) is 49.4 Å². The Morgan fingerprint density at radius 1 is 1.23 bits per heavy atom. The number of carboxylic acid groups (broad SMARTS) is 1. The summed E-state index contributed by atoms with van der Waals surface area (Å²) in [6.07, 6.45) is 1.50. The standard InChI is InChI=1S/C16H21NO5/c1-7-5-9-13(11(17)3-4-12(18)19)15-10(6-8(2)21-15)14(20)16(9)22-7/h7-8,11,20H,3-6,17H2,1-2H3,(H,18,19). The third-order valence-corrected chi connectivity index (χ3v) is 4.28. The Morgan fingerprint density at radius 3 is 2.45 bits per heavy atom. The van der Waals surface area contributed by atoms with E-state index in [2.05, 4.69) is 0 Å². The van der Waals surface area contributed by atoms with Gasteiger partial charge in [0.05, 0.1) is 0 Å². The molecule has 1 aromatic rings. The number of nitrogens with two attached hydrogens (primary N) is 1. The number of aliphatic carboxylic acids is 1. The Morgan fingerprint density at radius 2 is 1.82 bits per heavy atom. The van der Waals surface area contributed by atoms with Gasteiger partial charge in [-0.2, -0.15) is 0 Å². The summed E-state index contributed by atoms with van der Waals surface area (Å²) in [6, 6.07) is -0.446. The summed E-state index contributed by atoms with van der Waals surface area (Å²) in [5, 5.41) is 19.3. The number of phenolic OH excluding ortho intramolecular Hbond substituents is 1. The van der Waals surface area contributed by atoms with Crippen LogP contribution in [0.5, 0.6) is 17.2 Å². The van der Waals surface area contributed by atoms with E-state index in [-0.39, 0.29) is 24.4 Å². The molecule has 0 radical (unpaired) electrons. The number of benzene rings is 1. The van der Waals surface area contributed by atoms with E-state index in [0.29, 0.717) is 30.8 Å². The average molecular weight is 307 g/mol. The van der Waals surface area contributed by atoms with Crippen LogP contribution in [0, 0.1) is 0 Å². The second-order valence-electron chi connectivity index (χ2n) is 6.18. The molecular weight excluding hydrogens is 286 g/mol. The molecule has 6 nitrogen and oxygen atoms in total. The number of aromatic hydroxyl groups is 1. The Balaban J connectivity index is 2.07. The van der Waals surface area contributed by atoms with Crippen LogP contribution in [-0.2, 0) is 17.6 Å². The molecule has 6 heteroatoms. The number of ether oxygens (including phenoxy) is 2. The molecule has 120 valence electrons. The first kappa shape index (κ1) is 15.0. The highest BCUT2D eigenvalue weighted by molar-refractivity contribution is 5.68. The summed E-state index contributed by atoms with van der Waals surface area (Å²) in [5.41, 5.74) is 8.63. The Labute approximate surface area is 128 Å². The molecule has 2 aliphatic rings. The van der Waals surface area contributed by atoms with Gasteiger partial charge in [0, 0.05) is 42.0 Å². The molecule has 0 fully saturated rings. The quantitative estimate of drug-likeness (QED) is 0.785. The maximum absolute atomic E-state index is 10.8. The summed E-state index contributed by atoms with van der Waals surface area (Å²) >= 11 is 0. The lowest BCUT2D eigenvalue weighted by atomic mass is 9.91. The normalized spacial score (nSPS) is 23.4. The molecule has 3 rings (SSSR count). The fourth-order valence-corrected chi connectivity index (χ4v) is 3.34. The first-order valence-corrected chi connectivity index (χ1v) is 7.59. The molecular formula is C16H21NO5. The molecule has 0 saturated heterocycles. The SMILES string of the molecule is CC1Cc2c(c(O)c3c(c2C(N)CCC(=O)O)OC(C)C3)O1. The Bertz CT molecular complexity index is 588. The summed E-state index contributed by atoms with van der Waals surface area (Å²) in [7, 11) is 0. The van der Waals surface area contributed by atoms with Crippen molar-refractivity contribution in [2.75, 3.05) is 0 Å². The minimum atomic E-state index is -0.874. The second-order valence-corrected chi connectivity index (χ2v) is 6.18. The molecule has 22 heavy (non-hydrogen) atoms. The zero-order valence-corrected chi connectivity index (χ0v) is 12.8. The van der Waals surface area contributed by atoms with Crippen molar-refractivity contribution in [1.29, 1.82) is 0 Å². The molecule has 2 aliphatic heterocycles. The largest absolute Gasteiger partial charge is 0.504 e. The molecule has 4 N–H and O–H groups in total. The van der Waals surface area contributed by atoms with Crippen LogP contribution < -0.4 is 15.2 Å². The van der Waals surface area contributed by atoms with E-state index >= 15 is 0 Å². The van der Waals surface area contributed by atoms with Crippen molar-refractivity contribution in [3.05, 3.63) is 16.7 Å². The van der Waals surface area contributed by atoms with E-state index in [1.807, 2.05) is 13.8 Å². The van der Waals surface area contributed by atoms with Crippen molar-refractivity contribution in [3.63, 3.8) is 0 Å². The van der Waals surface area contributed by atoms with Crippen LogP contribution in [0.3, 0.4) is 0 Å². The number of phenols is 1. The first-order chi connectivity index (χ1) is 10.4. The zero-order valence-electron chi connectivity index (χ0n) is 12.8. The van der Waals surface area contributed by atoms with Gasteiger partial charge >= 0.3 is 5.97 Å². The van der Waals surface area contributed by atoms with Gasteiger partial charge in [0.15, 0.2) is 11.5 Å².